The van der Waals surface area contributed by atoms with E-state index in [0.717, 1.165) is 103 Å². The van der Waals surface area contributed by atoms with E-state index < -0.39 is 86.8 Å². The zero-order chi connectivity index (χ0) is 68.7. The van der Waals surface area contributed by atoms with Gasteiger partial charge in [-0.15, -0.1) is 0 Å². The second-order valence-electron chi connectivity index (χ2n) is 27.5. The van der Waals surface area contributed by atoms with Gasteiger partial charge < -0.3 is 65.1 Å². The van der Waals surface area contributed by atoms with Crippen molar-refractivity contribution in [2.75, 3.05) is 19.8 Å². The van der Waals surface area contributed by atoms with Gasteiger partial charge >= 0.3 is 0 Å². The van der Waals surface area contributed by atoms with E-state index in [9.17, 15) is 45.6 Å². The fourth-order valence-corrected chi connectivity index (χ4v) is 12.7. The van der Waals surface area contributed by atoms with E-state index in [2.05, 4.69) is 104 Å². The Kier molecular flexibility index (Phi) is 60.0. The molecule has 1 amide bonds. The number of hydrogen-bond donors (Lipinski definition) is 9. The van der Waals surface area contributed by atoms with Gasteiger partial charge in [0.2, 0.25) is 5.91 Å². The molecule has 14 nitrogen and oxygen atoms in total. The average Bonchev–Trinajstić information content (AvgIpc) is 0.800. The quantitative estimate of drug-likeness (QED) is 0.0204. The molecule has 2 aliphatic heterocycles. The number of nitrogens with one attached hydrogen (secondary N) is 1. The first-order valence-corrected chi connectivity index (χ1v) is 39.3. The van der Waals surface area contributed by atoms with Crippen molar-refractivity contribution in [3.05, 3.63) is 85.1 Å². The SMILES string of the molecule is CC/C=C\C/C=C\C/C=C\C/C=C\C/C=C\C/C=C\C/C=C\CCCCCCCCCCCCCCCC(=O)NC(COC1OC(CO)C(OC2OC(CO)C(O)C(O)C2O)C(O)C1O)C(O)CCCCCCCCCCCCCCCCCCCCCCCCCCCC. The predicted octanol–water partition coefficient (Wildman–Crippen LogP) is 17.5. The highest BCUT2D eigenvalue weighted by Gasteiger charge is 2.51. The minimum absolute atomic E-state index is 0.206. The van der Waals surface area contributed by atoms with Crippen molar-refractivity contribution in [1.82, 2.24) is 5.32 Å². The number of carbonyl (C=O) groups is 1. The Morgan fingerprint density at radius 3 is 1.12 bits per heavy atom. The molecular formula is C81H145NO13. The van der Waals surface area contributed by atoms with Crippen LogP contribution < -0.4 is 5.32 Å². The number of carbonyl (C=O) groups excluding carboxylic acids is 1. The van der Waals surface area contributed by atoms with Crippen LogP contribution in [0.3, 0.4) is 0 Å². The van der Waals surface area contributed by atoms with Crippen molar-refractivity contribution in [2.45, 2.75) is 402 Å². The van der Waals surface area contributed by atoms with Gasteiger partial charge in [-0.05, 0) is 70.6 Å². The Bertz CT molecular complexity index is 1920. The van der Waals surface area contributed by atoms with Crippen LogP contribution in [0.5, 0.6) is 0 Å². The van der Waals surface area contributed by atoms with Gasteiger partial charge in [-0.1, -0.05) is 336 Å². The summed E-state index contributed by atoms with van der Waals surface area (Å²) in [6.07, 6.45) is 73.2. The van der Waals surface area contributed by atoms with Crippen LogP contribution in [0.2, 0.25) is 0 Å². The highest BCUT2D eigenvalue weighted by molar-refractivity contribution is 5.76. The summed E-state index contributed by atoms with van der Waals surface area (Å²) in [7, 11) is 0. The fraction of sp³-hybridized carbons (Fsp3) is 0.815. The number of hydrogen-bond acceptors (Lipinski definition) is 13. The van der Waals surface area contributed by atoms with Gasteiger partial charge in [-0.25, -0.2) is 0 Å². The van der Waals surface area contributed by atoms with Gasteiger partial charge in [-0.3, -0.25) is 4.79 Å². The van der Waals surface area contributed by atoms with E-state index in [-0.39, 0.29) is 12.5 Å². The highest BCUT2D eigenvalue weighted by Crippen LogP contribution is 2.30. The third-order valence-electron chi connectivity index (χ3n) is 18.9. The molecule has 552 valence electrons. The van der Waals surface area contributed by atoms with Crippen LogP contribution in [0, 0.1) is 0 Å². The first-order chi connectivity index (χ1) is 46.6. The van der Waals surface area contributed by atoms with Gasteiger partial charge in [0, 0.05) is 6.42 Å². The van der Waals surface area contributed by atoms with E-state index >= 15 is 0 Å². The summed E-state index contributed by atoms with van der Waals surface area (Å²) in [6, 6.07) is -0.836. The van der Waals surface area contributed by atoms with Gasteiger partial charge in [0.25, 0.3) is 0 Å². The summed E-state index contributed by atoms with van der Waals surface area (Å²) in [5, 5.41) is 87.8. The molecule has 0 saturated carbocycles. The van der Waals surface area contributed by atoms with Crippen LogP contribution in [-0.2, 0) is 23.7 Å². The predicted molar refractivity (Wildman–Crippen MR) is 392 cm³/mol. The summed E-state index contributed by atoms with van der Waals surface area (Å²) >= 11 is 0. The maximum Gasteiger partial charge on any atom is 0.220 e. The lowest BCUT2D eigenvalue weighted by Gasteiger charge is -2.46. The summed E-state index contributed by atoms with van der Waals surface area (Å²) < 4.78 is 23.0. The number of rotatable bonds is 65. The Morgan fingerprint density at radius 1 is 0.389 bits per heavy atom. The molecule has 2 saturated heterocycles. The largest absolute Gasteiger partial charge is 0.394 e. The van der Waals surface area contributed by atoms with E-state index in [4.69, 9.17) is 18.9 Å². The Morgan fingerprint density at radius 2 is 0.726 bits per heavy atom. The average molecular weight is 1340 g/mol. The summed E-state index contributed by atoms with van der Waals surface area (Å²) in [6.45, 7) is 2.79. The number of amides is 1. The number of ether oxygens (including phenoxy) is 4. The summed E-state index contributed by atoms with van der Waals surface area (Å²) in [5.74, 6) is -0.206. The molecule has 2 rings (SSSR count). The number of unbranched alkanes of at least 4 members (excludes halogenated alkanes) is 38. The standard InChI is InChI=1S/C81H145NO13/c1-3-5-7-9-11-13-15-17-19-21-23-25-27-29-31-32-33-34-35-36-37-38-39-41-43-45-47-49-51-53-55-57-59-61-63-65-73(86)82-69(68-92-80-78(91)76(89)79(72(67-84)94-80)95-81-77(90)75(88)74(87)71(66-83)93-81)70(85)64-62-60-58-56-54-52-50-48-46-44-42-40-30-28-26-24-22-20-18-16-14-12-10-8-6-4-2/h5,7,11,13,17,19,23,25,29,31,33-34,36-37,69-72,74-81,83-85,87-91H,3-4,6,8-10,12,14-16,18,20-22,24,26-28,30,32,35,38-68H2,1-2H3,(H,82,86)/b7-5-,13-11-,19-17-,25-23-,31-29-,34-33-,37-36-. The molecule has 0 spiro atoms. The van der Waals surface area contributed by atoms with Crippen LogP contribution in [0.1, 0.15) is 328 Å². The number of allylic oxidation sites excluding steroid dienone is 14. The normalized spacial score (nSPS) is 22.8. The van der Waals surface area contributed by atoms with Crippen LogP contribution >= 0.6 is 0 Å². The number of aliphatic hydroxyl groups is 8. The molecule has 0 bridgehead atoms. The topological polar surface area (TPSA) is 228 Å². The lowest BCUT2D eigenvalue weighted by molar-refractivity contribution is -0.359. The molecule has 95 heavy (non-hydrogen) atoms. The van der Waals surface area contributed by atoms with Crippen molar-refractivity contribution in [1.29, 1.82) is 0 Å². The van der Waals surface area contributed by atoms with Crippen LogP contribution in [-0.4, -0.2) is 140 Å². The van der Waals surface area contributed by atoms with Crippen molar-refractivity contribution < 1.29 is 64.6 Å². The first-order valence-electron chi connectivity index (χ1n) is 39.3. The molecule has 12 atom stereocenters. The van der Waals surface area contributed by atoms with Gasteiger partial charge in [0.1, 0.15) is 48.8 Å². The molecule has 0 aromatic heterocycles. The zero-order valence-corrected chi connectivity index (χ0v) is 60.4. The van der Waals surface area contributed by atoms with Crippen molar-refractivity contribution in [3.63, 3.8) is 0 Å². The van der Waals surface area contributed by atoms with E-state index in [1.165, 1.54) is 199 Å². The second-order valence-corrected chi connectivity index (χ2v) is 27.5. The third-order valence-corrected chi connectivity index (χ3v) is 18.9. The molecule has 14 heteroatoms. The summed E-state index contributed by atoms with van der Waals surface area (Å²) in [4.78, 5) is 13.4. The Hall–Kier alpha value is -2.83. The van der Waals surface area contributed by atoms with Crippen LogP contribution in [0.25, 0.3) is 0 Å². The minimum atomic E-state index is -1.79. The molecule has 0 radical (unpaired) electrons. The van der Waals surface area contributed by atoms with Crippen LogP contribution in [0.4, 0.5) is 0 Å². The van der Waals surface area contributed by atoms with E-state index in [1.807, 2.05) is 0 Å². The second kappa shape index (κ2) is 64.5. The Labute approximate surface area is 580 Å². The minimum Gasteiger partial charge on any atom is -0.394 e. The van der Waals surface area contributed by atoms with Gasteiger partial charge in [-0.2, -0.15) is 0 Å². The Balaban J connectivity index is 1.62. The molecule has 2 aliphatic rings. The van der Waals surface area contributed by atoms with Gasteiger partial charge in [0.05, 0.1) is 32.0 Å². The van der Waals surface area contributed by atoms with E-state index in [1.54, 1.807) is 0 Å². The molecule has 9 N–H and O–H groups in total. The molecule has 0 aliphatic carbocycles. The van der Waals surface area contributed by atoms with Gasteiger partial charge in [0.15, 0.2) is 12.6 Å². The molecule has 12 unspecified atom stereocenters. The molecule has 0 aromatic rings. The zero-order valence-electron chi connectivity index (χ0n) is 60.4. The maximum absolute atomic E-state index is 13.4. The fourth-order valence-electron chi connectivity index (χ4n) is 12.7. The van der Waals surface area contributed by atoms with Crippen LogP contribution in [0.15, 0.2) is 85.1 Å². The molecule has 2 heterocycles. The van der Waals surface area contributed by atoms with Crippen molar-refractivity contribution >= 4 is 5.91 Å². The molecule has 0 aromatic carbocycles. The smallest absolute Gasteiger partial charge is 0.220 e. The monoisotopic (exact) mass is 1340 g/mol. The first kappa shape index (κ1) is 88.3. The highest BCUT2D eigenvalue weighted by atomic mass is 16.7. The lowest BCUT2D eigenvalue weighted by Crippen LogP contribution is -2.65. The van der Waals surface area contributed by atoms with Crippen molar-refractivity contribution in [3.8, 4) is 0 Å². The number of aliphatic hydroxyl groups excluding tert-OH is 8. The maximum atomic E-state index is 13.4. The summed E-state index contributed by atoms with van der Waals surface area (Å²) in [5.41, 5.74) is 0. The van der Waals surface area contributed by atoms with Crippen molar-refractivity contribution in [2.24, 2.45) is 0 Å². The molecular weight excluding hydrogens is 1190 g/mol. The van der Waals surface area contributed by atoms with E-state index in [0.29, 0.717) is 12.8 Å². The molecule has 2 fully saturated rings. The third kappa shape index (κ3) is 47.8. The lowest BCUT2D eigenvalue weighted by atomic mass is 9.97.